The zero-order valence-corrected chi connectivity index (χ0v) is 14.5. The lowest BCUT2D eigenvalue weighted by Gasteiger charge is -2.16. The molecule has 8 heteroatoms. The molecule has 1 aliphatic carbocycles. The zero-order chi connectivity index (χ0) is 17.0. The molecule has 2 fully saturated rings. The minimum atomic E-state index is -2.95. The molecule has 7 nitrogen and oxygen atoms in total. The highest BCUT2D eigenvalue weighted by Gasteiger charge is 2.28. The van der Waals surface area contributed by atoms with E-state index in [1.54, 1.807) is 6.07 Å². The summed E-state index contributed by atoms with van der Waals surface area (Å²) >= 11 is 0. The van der Waals surface area contributed by atoms with Gasteiger partial charge in [-0.3, -0.25) is 4.79 Å². The van der Waals surface area contributed by atoms with Crippen LogP contribution < -0.4 is 10.6 Å². The molecule has 1 atom stereocenters. The molecule has 0 radical (unpaired) electrons. The molecule has 1 saturated heterocycles. The van der Waals surface area contributed by atoms with E-state index in [0.717, 1.165) is 25.7 Å². The van der Waals surface area contributed by atoms with Crippen LogP contribution in [0, 0.1) is 0 Å². The van der Waals surface area contributed by atoms with E-state index < -0.39 is 9.84 Å². The maximum Gasteiger partial charge on any atom is 0.270 e. The molecule has 1 saturated carbocycles. The lowest BCUT2D eigenvalue weighted by Crippen LogP contribution is -2.35. The van der Waals surface area contributed by atoms with Crippen molar-refractivity contribution in [3.63, 3.8) is 0 Å². The SMILES string of the molecule is O=C(NC1CCCCCC1)c1cc(NC2CCS(=O)(=O)C2)ncn1. The number of hydrogen-bond donors (Lipinski definition) is 2. The third-order valence-corrected chi connectivity index (χ3v) is 6.44. The first kappa shape index (κ1) is 17.1. The standard InChI is InChI=1S/C16H24N4O3S/c21-16(20-12-5-3-1-2-4-6-12)14-9-15(18-11-17-14)19-13-7-8-24(22,23)10-13/h9,11-13H,1-8,10H2,(H,20,21)(H,17,18,19). The number of sulfone groups is 1. The van der Waals surface area contributed by atoms with Gasteiger partial charge in [0.25, 0.3) is 5.91 Å². The van der Waals surface area contributed by atoms with Gasteiger partial charge in [0, 0.05) is 18.2 Å². The normalized spacial score (nSPS) is 24.2. The van der Waals surface area contributed by atoms with E-state index in [4.69, 9.17) is 0 Å². The first-order chi connectivity index (χ1) is 11.5. The number of nitrogens with one attached hydrogen (secondary N) is 2. The van der Waals surface area contributed by atoms with Crippen LogP contribution in [-0.4, -0.2) is 47.9 Å². The van der Waals surface area contributed by atoms with Gasteiger partial charge in [-0.05, 0) is 19.3 Å². The molecule has 2 heterocycles. The van der Waals surface area contributed by atoms with Gasteiger partial charge in [0.15, 0.2) is 9.84 Å². The second kappa shape index (κ2) is 7.46. The molecule has 1 aliphatic heterocycles. The average molecular weight is 352 g/mol. The summed E-state index contributed by atoms with van der Waals surface area (Å²) in [6.45, 7) is 0. The first-order valence-corrected chi connectivity index (χ1v) is 10.4. The van der Waals surface area contributed by atoms with Gasteiger partial charge in [-0.25, -0.2) is 18.4 Å². The minimum absolute atomic E-state index is 0.112. The highest BCUT2D eigenvalue weighted by Crippen LogP contribution is 2.18. The fourth-order valence-electron chi connectivity index (χ4n) is 3.36. The highest BCUT2D eigenvalue weighted by molar-refractivity contribution is 7.91. The quantitative estimate of drug-likeness (QED) is 0.797. The van der Waals surface area contributed by atoms with Crippen molar-refractivity contribution in [2.45, 2.75) is 57.0 Å². The molecule has 1 aromatic rings. The van der Waals surface area contributed by atoms with Crippen molar-refractivity contribution in [3.8, 4) is 0 Å². The Labute approximate surface area is 142 Å². The van der Waals surface area contributed by atoms with Crippen LogP contribution in [0.1, 0.15) is 55.4 Å². The lowest BCUT2D eigenvalue weighted by molar-refractivity contribution is 0.0928. The molecule has 24 heavy (non-hydrogen) atoms. The number of carbonyl (C=O) groups excluding carboxylic acids is 1. The second-order valence-corrected chi connectivity index (χ2v) is 8.92. The summed E-state index contributed by atoms with van der Waals surface area (Å²) in [6.07, 6.45) is 8.71. The lowest BCUT2D eigenvalue weighted by atomic mass is 10.1. The summed E-state index contributed by atoms with van der Waals surface area (Å²) in [5.41, 5.74) is 0.317. The predicted octanol–water partition coefficient (Wildman–Crippen LogP) is 1.53. The van der Waals surface area contributed by atoms with Crippen LogP contribution in [0.4, 0.5) is 5.82 Å². The molecule has 0 bridgehead atoms. The van der Waals surface area contributed by atoms with Crippen molar-refractivity contribution < 1.29 is 13.2 Å². The van der Waals surface area contributed by atoms with Crippen LogP contribution in [0.3, 0.4) is 0 Å². The van der Waals surface area contributed by atoms with E-state index in [1.807, 2.05) is 0 Å². The fourth-order valence-corrected chi connectivity index (χ4v) is 5.03. The van der Waals surface area contributed by atoms with Crippen molar-refractivity contribution in [2.24, 2.45) is 0 Å². The Hall–Kier alpha value is -1.70. The van der Waals surface area contributed by atoms with Crippen molar-refractivity contribution >= 4 is 21.6 Å². The Balaban J connectivity index is 1.60. The Bertz CT molecular complexity index is 684. The first-order valence-electron chi connectivity index (χ1n) is 8.62. The Morgan fingerprint density at radius 2 is 1.79 bits per heavy atom. The molecule has 2 aliphatic rings. The monoisotopic (exact) mass is 352 g/mol. The third-order valence-electron chi connectivity index (χ3n) is 4.67. The molecule has 2 N–H and O–H groups in total. The van der Waals surface area contributed by atoms with Gasteiger partial charge < -0.3 is 10.6 Å². The summed E-state index contributed by atoms with van der Waals surface area (Å²) < 4.78 is 23.0. The van der Waals surface area contributed by atoms with Crippen LogP contribution in [0.5, 0.6) is 0 Å². The fraction of sp³-hybridized carbons (Fsp3) is 0.688. The maximum atomic E-state index is 12.4. The van der Waals surface area contributed by atoms with Crippen LogP contribution >= 0.6 is 0 Å². The highest BCUT2D eigenvalue weighted by atomic mass is 32.2. The molecular weight excluding hydrogens is 328 g/mol. The smallest absolute Gasteiger partial charge is 0.270 e. The predicted molar refractivity (Wildman–Crippen MR) is 91.7 cm³/mol. The number of rotatable bonds is 4. The van der Waals surface area contributed by atoms with E-state index in [1.165, 1.54) is 19.2 Å². The summed E-state index contributed by atoms with van der Waals surface area (Å²) in [6, 6.07) is 1.66. The number of aromatic nitrogens is 2. The Morgan fingerprint density at radius 1 is 1.04 bits per heavy atom. The molecule has 0 spiro atoms. The van der Waals surface area contributed by atoms with Gasteiger partial charge in [0.1, 0.15) is 17.8 Å². The summed E-state index contributed by atoms with van der Waals surface area (Å²) in [7, 11) is -2.95. The van der Waals surface area contributed by atoms with E-state index in [0.29, 0.717) is 17.9 Å². The number of amides is 1. The minimum Gasteiger partial charge on any atom is -0.366 e. The largest absolute Gasteiger partial charge is 0.366 e. The third kappa shape index (κ3) is 4.66. The topological polar surface area (TPSA) is 101 Å². The van der Waals surface area contributed by atoms with Crippen molar-refractivity contribution in [1.82, 2.24) is 15.3 Å². The summed E-state index contributed by atoms with van der Waals surface area (Å²) in [5, 5.41) is 6.15. The van der Waals surface area contributed by atoms with E-state index in [9.17, 15) is 13.2 Å². The van der Waals surface area contributed by atoms with Gasteiger partial charge in [0.2, 0.25) is 0 Å². The summed E-state index contributed by atoms with van der Waals surface area (Å²) in [5.74, 6) is 0.621. The molecule has 1 aromatic heterocycles. The van der Waals surface area contributed by atoms with Gasteiger partial charge in [0.05, 0.1) is 11.5 Å². The van der Waals surface area contributed by atoms with Crippen molar-refractivity contribution in [1.29, 1.82) is 0 Å². The van der Waals surface area contributed by atoms with Crippen LogP contribution in [-0.2, 0) is 9.84 Å². The number of anilines is 1. The van der Waals surface area contributed by atoms with E-state index in [-0.39, 0.29) is 29.5 Å². The molecule has 0 aromatic carbocycles. The molecule has 3 rings (SSSR count). The zero-order valence-electron chi connectivity index (χ0n) is 13.7. The van der Waals surface area contributed by atoms with E-state index in [2.05, 4.69) is 20.6 Å². The van der Waals surface area contributed by atoms with Crippen LogP contribution in [0.2, 0.25) is 0 Å². The number of carbonyl (C=O) groups is 1. The average Bonchev–Trinajstić information content (AvgIpc) is 2.75. The second-order valence-electron chi connectivity index (χ2n) is 6.69. The van der Waals surface area contributed by atoms with Crippen LogP contribution in [0.25, 0.3) is 0 Å². The Kier molecular flexibility index (Phi) is 5.33. The van der Waals surface area contributed by atoms with Gasteiger partial charge >= 0.3 is 0 Å². The van der Waals surface area contributed by atoms with E-state index >= 15 is 0 Å². The molecular formula is C16H24N4O3S. The number of nitrogens with zero attached hydrogens (tertiary/aromatic N) is 2. The maximum absolute atomic E-state index is 12.4. The van der Waals surface area contributed by atoms with Crippen molar-refractivity contribution in [3.05, 3.63) is 18.1 Å². The van der Waals surface area contributed by atoms with Crippen molar-refractivity contribution in [2.75, 3.05) is 16.8 Å². The van der Waals surface area contributed by atoms with Gasteiger partial charge in [-0.15, -0.1) is 0 Å². The molecule has 1 amide bonds. The van der Waals surface area contributed by atoms with Crippen LogP contribution in [0.15, 0.2) is 12.4 Å². The molecule has 1 unspecified atom stereocenters. The number of hydrogen-bond acceptors (Lipinski definition) is 6. The van der Waals surface area contributed by atoms with Gasteiger partial charge in [-0.1, -0.05) is 25.7 Å². The summed E-state index contributed by atoms with van der Waals surface area (Å²) in [4.78, 5) is 20.5. The Morgan fingerprint density at radius 3 is 2.46 bits per heavy atom. The van der Waals surface area contributed by atoms with Gasteiger partial charge in [-0.2, -0.15) is 0 Å². The molecule has 132 valence electrons.